The van der Waals surface area contributed by atoms with E-state index in [1.807, 2.05) is 0 Å². The predicted molar refractivity (Wildman–Crippen MR) is 150 cm³/mol. The van der Waals surface area contributed by atoms with Gasteiger partial charge < -0.3 is 15.5 Å². The van der Waals surface area contributed by atoms with Crippen molar-refractivity contribution in [2.45, 2.75) is 31.7 Å². The quantitative estimate of drug-likeness (QED) is 0.430. The zero-order valence-electron chi connectivity index (χ0n) is 22.3. The molecule has 0 aliphatic carbocycles. The Morgan fingerprint density at radius 1 is 1.21 bits per heavy atom. The SMILES string of the molecule is CN=Cc1ccc(-n2nc3c(c2NC(=O)CS(C)(=O)=O)C(=O)NC2(C3)CN(c3ccc(C(C)C)cc3)C2)nc1. The third-order valence-corrected chi connectivity index (χ3v) is 7.69. The average molecular weight is 550 g/mol. The number of carbonyl (C=O) groups is 2. The van der Waals surface area contributed by atoms with Crippen molar-refractivity contribution in [1.82, 2.24) is 20.1 Å². The van der Waals surface area contributed by atoms with Crippen LogP contribution in [0.15, 0.2) is 47.6 Å². The molecular weight excluding hydrogens is 518 g/mol. The Morgan fingerprint density at radius 3 is 2.51 bits per heavy atom. The highest BCUT2D eigenvalue weighted by molar-refractivity contribution is 7.91. The van der Waals surface area contributed by atoms with E-state index >= 15 is 0 Å². The fraction of sp³-hybridized carbons (Fsp3) is 0.370. The third kappa shape index (κ3) is 5.42. The molecule has 1 spiro atoms. The molecule has 0 atom stereocenters. The van der Waals surface area contributed by atoms with Crippen molar-refractivity contribution in [3.8, 4) is 5.82 Å². The van der Waals surface area contributed by atoms with Gasteiger partial charge in [0.2, 0.25) is 5.91 Å². The number of carbonyl (C=O) groups excluding carboxylic acids is 2. The molecule has 1 aromatic carbocycles. The van der Waals surface area contributed by atoms with Crippen LogP contribution in [-0.2, 0) is 21.1 Å². The second-order valence-electron chi connectivity index (χ2n) is 10.6. The first-order valence-corrected chi connectivity index (χ1v) is 14.7. The van der Waals surface area contributed by atoms with Gasteiger partial charge in [0.1, 0.15) is 11.3 Å². The van der Waals surface area contributed by atoms with Gasteiger partial charge in [0.15, 0.2) is 21.5 Å². The Balaban J connectivity index is 1.45. The summed E-state index contributed by atoms with van der Waals surface area (Å²) in [7, 11) is -1.93. The number of hydrogen-bond donors (Lipinski definition) is 2. The summed E-state index contributed by atoms with van der Waals surface area (Å²) in [6, 6.07) is 11.9. The van der Waals surface area contributed by atoms with Crippen LogP contribution in [0.25, 0.3) is 5.82 Å². The molecule has 2 amide bonds. The molecule has 4 heterocycles. The van der Waals surface area contributed by atoms with Crippen molar-refractivity contribution in [3.05, 3.63) is 65.0 Å². The number of fused-ring (bicyclic) bond motifs is 1. The number of aliphatic imine (C=N–C) groups is 1. The van der Waals surface area contributed by atoms with Gasteiger partial charge in [-0.1, -0.05) is 26.0 Å². The zero-order chi connectivity index (χ0) is 27.9. The molecule has 5 rings (SSSR count). The number of benzene rings is 1. The highest BCUT2D eigenvalue weighted by Gasteiger charge is 2.49. The van der Waals surface area contributed by atoms with Crippen molar-refractivity contribution < 1.29 is 18.0 Å². The van der Waals surface area contributed by atoms with Gasteiger partial charge in [-0.3, -0.25) is 14.6 Å². The fourth-order valence-corrected chi connectivity index (χ4v) is 5.61. The monoisotopic (exact) mass is 549 g/mol. The number of pyridine rings is 1. The van der Waals surface area contributed by atoms with E-state index in [1.165, 1.54) is 10.2 Å². The number of hydrogen-bond acceptors (Lipinski definition) is 8. The van der Waals surface area contributed by atoms with Gasteiger partial charge in [-0.15, -0.1) is 0 Å². The summed E-state index contributed by atoms with van der Waals surface area (Å²) in [6.45, 7) is 5.54. The molecule has 3 aromatic rings. The van der Waals surface area contributed by atoms with Crippen LogP contribution in [0.2, 0.25) is 0 Å². The topological polar surface area (TPSA) is 139 Å². The molecule has 11 nitrogen and oxygen atoms in total. The summed E-state index contributed by atoms with van der Waals surface area (Å²) in [6.07, 6.45) is 4.68. The van der Waals surface area contributed by atoms with Gasteiger partial charge in [-0.05, 0) is 35.7 Å². The van der Waals surface area contributed by atoms with Crippen LogP contribution >= 0.6 is 0 Å². The summed E-state index contributed by atoms with van der Waals surface area (Å²) in [4.78, 5) is 36.6. The van der Waals surface area contributed by atoms with E-state index in [1.54, 1.807) is 31.6 Å². The minimum Gasteiger partial charge on any atom is -0.367 e. The maximum absolute atomic E-state index is 13.4. The molecule has 204 valence electrons. The molecule has 2 N–H and O–H groups in total. The van der Waals surface area contributed by atoms with Gasteiger partial charge in [0, 0.05) is 56.5 Å². The van der Waals surface area contributed by atoms with Gasteiger partial charge in [-0.2, -0.15) is 9.78 Å². The minimum atomic E-state index is -3.58. The molecular formula is C27H31N7O4S. The van der Waals surface area contributed by atoms with Crippen molar-refractivity contribution >= 4 is 39.4 Å². The van der Waals surface area contributed by atoms with E-state index in [2.05, 4.69) is 68.7 Å². The van der Waals surface area contributed by atoms with E-state index in [9.17, 15) is 18.0 Å². The third-order valence-electron chi connectivity index (χ3n) is 6.90. The summed E-state index contributed by atoms with van der Waals surface area (Å²) in [5.74, 6) is -0.941. The first kappa shape index (κ1) is 26.5. The van der Waals surface area contributed by atoms with Crippen LogP contribution in [0, 0.1) is 0 Å². The van der Waals surface area contributed by atoms with E-state index in [4.69, 9.17) is 0 Å². The molecule has 12 heteroatoms. The molecule has 1 fully saturated rings. The summed E-state index contributed by atoms with van der Waals surface area (Å²) < 4.78 is 24.8. The fourth-order valence-electron chi connectivity index (χ4n) is 5.06. The standard InChI is InChI=1S/C27H31N7O4S/c1-17(2)19-6-8-20(9-7-19)33-15-27(16-33)11-21-24(26(36)31-27)25(30-23(35)14-39(4,37)38)34(32-21)22-10-5-18(12-28-3)13-29-22/h5-10,12-13,17H,11,14-16H2,1-4H3,(H,30,35)(H,31,36). The number of nitrogens with zero attached hydrogens (tertiary/aromatic N) is 5. The van der Waals surface area contributed by atoms with Gasteiger partial charge in [0.25, 0.3) is 5.91 Å². The molecule has 0 bridgehead atoms. The van der Waals surface area contributed by atoms with Crippen molar-refractivity contribution in [3.63, 3.8) is 0 Å². The molecule has 1 saturated heterocycles. The normalized spacial score (nSPS) is 16.3. The van der Waals surface area contributed by atoms with Crippen molar-refractivity contribution in [2.75, 3.05) is 42.4 Å². The number of sulfone groups is 1. The number of rotatable bonds is 7. The lowest BCUT2D eigenvalue weighted by molar-refractivity contribution is -0.113. The first-order chi connectivity index (χ1) is 18.5. The number of nitrogens with one attached hydrogen (secondary N) is 2. The lowest BCUT2D eigenvalue weighted by Gasteiger charge is -2.53. The molecule has 0 unspecified atom stereocenters. The number of aromatic nitrogens is 3. The summed E-state index contributed by atoms with van der Waals surface area (Å²) in [5, 5.41) is 10.4. The Kier molecular flexibility index (Phi) is 6.75. The molecule has 0 saturated carbocycles. The second-order valence-corrected chi connectivity index (χ2v) is 12.7. The second kappa shape index (κ2) is 9.92. The highest BCUT2D eigenvalue weighted by Crippen LogP contribution is 2.37. The maximum Gasteiger partial charge on any atom is 0.257 e. The number of anilines is 2. The van der Waals surface area contributed by atoms with Crippen molar-refractivity contribution in [1.29, 1.82) is 0 Å². The Morgan fingerprint density at radius 2 is 1.92 bits per heavy atom. The molecule has 2 aromatic heterocycles. The van der Waals surface area contributed by atoms with Gasteiger partial charge >= 0.3 is 0 Å². The molecule has 2 aliphatic rings. The molecule has 0 radical (unpaired) electrons. The largest absolute Gasteiger partial charge is 0.367 e. The van der Waals surface area contributed by atoms with E-state index in [0.717, 1.165) is 17.5 Å². The van der Waals surface area contributed by atoms with E-state index in [0.29, 0.717) is 36.9 Å². The van der Waals surface area contributed by atoms with Crippen LogP contribution < -0.4 is 15.5 Å². The van der Waals surface area contributed by atoms with Crippen LogP contribution in [0.4, 0.5) is 11.5 Å². The van der Waals surface area contributed by atoms with Crippen LogP contribution in [-0.4, -0.2) is 78.9 Å². The molecule has 2 aliphatic heterocycles. The molecule has 39 heavy (non-hydrogen) atoms. The zero-order valence-corrected chi connectivity index (χ0v) is 23.1. The van der Waals surface area contributed by atoms with E-state index < -0.39 is 27.0 Å². The van der Waals surface area contributed by atoms with Gasteiger partial charge in [0.05, 0.1) is 11.2 Å². The predicted octanol–water partition coefficient (Wildman–Crippen LogP) is 1.97. The van der Waals surface area contributed by atoms with Crippen LogP contribution in [0.1, 0.15) is 46.9 Å². The first-order valence-electron chi connectivity index (χ1n) is 12.6. The van der Waals surface area contributed by atoms with E-state index in [-0.39, 0.29) is 17.3 Å². The van der Waals surface area contributed by atoms with Crippen LogP contribution in [0.3, 0.4) is 0 Å². The number of amides is 2. The Labute approximate surface area is 227 Å². The minimum absolute atomic E-state index is 0.0934. The summed E-state index contributed by atoms with van der Waals surface area (Å²) in [5.41, 5.74) is 3.36. The highest BCUT2D eigenvalue weighted by atomic mass is 32.2. The average Bonchev–Trinajstić information content (AvgIpc) is 3.20. The van der Waals surface area contributed by atoms with Crippen LogP contribution in [0.5, 0.6) is 0 Å². The lowest BCUT2D eigenvalue weighted by atomic mass is 9.80. The maximum atomic E-state index is 13.4. The Bertz CT molecular complexity index is 1550. The Hall–Kier alpha value is -4.06. The van der Waals surface area contributed by atoms with Gasteiger partial charge in [-0.25, -0.2) is 13.4 Å². The summed E-state index contributed by atoms with van der Waals surface area (Å²) >= 11 is 0. The lowest BCUT2D eigenvalue weighted by Crippen LogP contribution is -2.73. The smallest absolute Gasteiger partial charge is 0.257 e. The van der Waals surface area contributed by atoms with Crippen molar-refractivity contribution in [2.24, 2.45) is 4.99 Å².